The molecule has 0 aliphatic carbocycles. The molecular formula is C15H21NO6S3. The number of carbonyl (C=O) groups is 1. The van der Waals surface area contributed by atoms with Crippen molar-refractivity contribution < 1.29 is 27.8 Å². The quantitative estimate of drug-likeness (QED) is 0.673. The zero-order chi connectivity index (χ0) is 18.5. The van der Waals surface area contributed by atoms with Crippen molar-refractivity contribution in [3.05, 3.63) is 23.8 Å². The maximum absolute atomic E-state index is 12.7. The number of esters is 1. The molecule has 0 atom stereocenters. The van der Waals surface area contributed by atoms with E-state index in [2.05, 4.69) is 9.46 Å². The summed E-state index contributed by atoms with van der Waals surface area (Å²) in [6.07, 6.45) is 0. The van der Waals surface area contributed by atoms with Gasteiger partial charge in [-0.3, -0.25) is 0 Å². The smallest absolute Gasteiger partial charge is 0.337 e. The summed E-state index contributed by atoms with van der Waals surface area (Å²) in [4.78, 5) is 11.5. The van der Waals surface area contributed by atoms with E-state index in [1.54, 1.807) is 23.5 Å². The summed E-state index contributed by atoms with van der Waals surface area (Å²) < 4.78 is 37.5. The average Bonchev–Trinajstić information content (AvgIpc) is 2.84. The van der Waals surface area contributed by atoms with Crippen LogP contribution in [-0.2, 0) is 14.8 Å². The number of carbonyl (C=O) groups excluding carboxylic acids is 1. The molecular weight excluding hydrogens is 386 g/mol. The second-order valence-corrected chi connectivity index (χ2v) is 9.46. The third-order valence-electron chi connectivity index (χ3n) is 3.58. The van der Waals surface area contributed by atoms with Crippen molar-refractivity contribution in [3.8, 4) is 5.75 Å². The SMILES string of the molecule is COC(=O)c1ccc(OC)c(S(=O)(=O)NCC2(O)CSCCSC2)c1. The van der Waals surface area contributed by atoms with Gasteiger partial charge in [0.05, 0.1) is 25.4 Å². The third-order valence-corrected chi connectivity index (χ3v) is 7.73. The lowest BCUT2D eigenvalue weighted by Gasteiger charge is -2.26. The van der Waals surface area contributed by atoms with Gasteiger partial charge in [-0.15, -0.1) is 0 Å². The summed E-state index contributed by atoms with van der Waals surface area (Å²) in [5.41, 5.74) is -1.02. The molecule has 0 amide bonds. The molecule has 140 valence electrons. The number of benzene rings is 1. The number of ether oxygens (including phenoxy) is 2. The fraction of sp³-hybridized carbons (Fsp3) is 0.533. The van der Waals surface area contributed by atoms with E-state index in [4.69, 9.17) is 4.74 Å². The lowest BCUT2D eigenvalue weighted by Crippen LogP contribution is -2.46. The molecule has 0 radical (unpaired) electrons. The van der Waals surface area contributed by atoms with E-state index in [-0.39, 0.29) is 22.8 Å². The van der Waals surface area contributed by atoms with E-state index in [1.165, 1.54) is 32.4 Å². The van der Waals surface area contributed by atoms with E-state index < -0.39 is 21.6 Å². The Morgan fingerprint density at radius 1 is 1.28 bits per heavy atom. The number of methoxy groups -OCH3 is 2. The van der Waals surface area contributed by atoms with E-state index in [0.717, 1.165) is 11.5 Å². The van der Waals surface area contributed by atoms with Gasteiger partial charge in [-0.25, -0.2) is 17.9 Å². The van der Waals surface area contributed by atoms with Crippen LogP contribution in [0.1, 0.15) is 10.4 Å². The third kappa shape index (κ3) is 5.27. The highest BCUT2D eigenvalue weighted by atomic mass is 32.2. The van der Waals surface area contributed by atoms with Gasteiger partial charge in [0.15, 0.2) is 0 Å². The number of hydrogen-bond donors (Lipinski definition) is 2. The van der Waals surface area contributed by atoms with Gasteiger partial charge in [0, 0.05) is 29.6 Å². The van der Waals surface area contributed by atoms with Crippen LogP contribution in [0.4, 0.5) is 0 Å². The van der Waals surface area contributed by atoms with Crippen LogP contribution in [0.15, 0.2) is 23.1 Å². The Morgan fingerprint density at radius 3 is 2.48 bits per heavy atom. The van der Waals surface area contributed by atoms with Crippen LogP contribution in [0, 0.1) is 0 Å². The normalized spacial score (nSPS) is 17.6. The van der Waals surface area contributed by atoms with Gasteiger partial charge in [-0.1, -0.05) is 0 Å². The zero-order valence-corrected chi connectivity index (χ0v) is 16.4. The van der Waals surface area contributed by atoms with Gasteiger partial charge in [-0.2, -0.15) is 23.5 Å². The first-order valence-electron chi connectivity index (χ1n) is 7.45. The topological polar surface area (TPSA) is 102 Å². The summed E-state index contributed by atoms with van der Waals surface area (Å²) in [6.45, 7) is -0.110. The molecule has 1 aliphatic rings. The second-order valence-electron chi connectivity index (χ2n) is 5.51. The van der Waals surface area contributed by atoms with Crippen LogP contribution in [0.2, 0.25) is 0 Å². The molecule has 0 bridgehead atoms. The van der Waals surface area contributed by atoms with Crippen molar-refractivity contribution in [2.75, 3.05) is 43.8 Å². The standard InChI is InChI=1S/C15H21NO6S3/c1-21-12-4-3-11(14(17)22-2)7-13(12)25(19,20)16-8-15(18)9-23-5-6-24-10-15/h3-4,7,16,18H,5-6,8-10H2,1-2H3. The molecule has 1 aliphatic heterocycles. The Balaban J connectivity index is 2.24. The highest BCUT2D eigenvalue weighted by molar-refractivity contribution is 8.03. The van der Waals surface area contributed by atoms with Crippen LogP contribution in [0.25, 0.3) is 0 Å². The number of thioether (sulfide) groups is 2. The molecule has 2 N–H and O–H groups in total. The molecule has 1 saturated heterocycles. The van der Waals surface area contributed by atoms with E-state index in [0.29, 0.717) is 11.5 Å². The molecule has 1 heterocycles. The van der Waals surface area contributed by atoms with Crippen molar-refractivity contribution >= 4 is 39.5 Å². The summed E-state index contributed by atoms with van der Waals surface area (Å²) >= 11 is 3.19. The molecule has 0 saturated carbocycles. The molecule has 0 aromatic heterocycles. The van der Waals surface area contributed by atoms with Crippen molar-refractivity contribution in [2.45, 2.75) is 10.5 Å². The summed E-state index contributed by atoms with van der Waals surface area (Å²) in [5.74, 6) is 2.23. The minimum atomic E-state index is -3.98. The van der Waals surface area contributed by atoms with Crippen molar-refractivity contribution in [2.24, 2.45) is 0 Å². The number of hydrogen-bond acceptors (Lipinski definition) is 8. The van der Waals surface area contributed by atoms with Crippen LogP contribution in [-0.4, -0.2) is 68.9 Å². The molecule has 7 nitrogen and oxygen atoms in total. The minimum Gasteiger partial charge on any atom is -0.495 e. The minimum absolute atomic E-state index is 0.1000. The highest BCUT2D eigenvalue weighted by Gasteiger charge is 2.32. The summed E-state index contributed by atoms with van der Waals surface area (Å²) in [5, 5.41) is 10.6. The molecule has 10 heteroatoms. The van der Waals surface area contributed by atoms with Gasteiger partial charge in [0.1, 0.15) is 10.6 Å². The van der Waals surface area contributed by atoms with Gasteiger partial charge in [-0.05, 0) is 18.2 Å². The number of aliphatic hydroxyl groups is 1. The monoisotopic (exact) mass is 407 g/mol. The predicted octanol–water partition coefficient (Wildman–Crippen LogP) is 0.971. The first-order chi connectivity index (χ1) is 11.8. The number of sulfonamides is 1. The Bertz CT molecular complexity index is 714. The maximum Gasteiger partial charge on any atom is 0.337 e. The largest absolute Gasteiger partial charge is 0.495 e. The first-order valence-corrected chi connectivity index (χ1v) is 11.2. The van der Waals surface area contributed by atoms with Crippen LogP contribution >= 0.6 is 23.5 Å². The Labute approximate surface area is 155 Å². The molecule has 1 aromatic carbocycles. The van der Waals surface area contributed by atoms with E-state index in [1.807, 2.05) is 0 Å². The van der Waals surface area contributed by atoms with Crippen molar-refractivity contribution in [1.29, 1.82) is 0 Å². The molecule has 2 rings (SSSR count). The zero-order valence-electron chi connectivity index (χ0n) is 14.0. The number of nitrogens with one attached hydrogen (secondary N) is 1. The molecule has 0 spiro atoms. The van der Waals surface area contributed by atoms with Crippen LogP contribution in [0.3, 0.4) is 0 Å². The molecule has 1 fully saturated rings. The fourth-order valence-corrected chi connectivity index (χ4v) is 6.07. The van der Waals surface area contributed by atoms with Crippen LogP contribution in [0.5, 0.6) is 5.75 Å². The van der Waals surface area contributed by atoms with Gasteiger partial charge >= 0.3 is 5.97 Å². The lowest BCUT2D eigenvalue weighted by molar-refractivity contribution is 0.0600. The Morgan fingerprint density at radius 2 is 1.92 bits per heavy atom. The molecule has 25 heavy (non-hydrogen) atoms. The number of rotatable bonds is 6. The van der Waals surface area contributed by atoms with Crippen molar-refractivity contribution in [3.63, 3.8) is 0 Å². The van der Waals surface area contributed by atoms with Gasteiger partial charge < -0.3 is 14.6 Å². The first kappa shape index (κ1) is 20.4. The van der Waals surface area contributed by atoms with E-state index >= 15 is 0 Å². The van der Waals surface area contributed by atoms with Crippen LogP contribution < -0.4 is 9.46 Å². The van der Waals surface area contributed by atoms with Gasteiger partial charge in [0.25, 0.3) is 0 Å². The molecule has 1 aromatic rings. The summed E-state index contributed by atoms with van der Waals surface area (Å²) in [6, 6.07) is 4.02. The molecule has 0 unspecified atom stereocenters. The van der Waals surface area contributed by atoms with Crippen molar-refractivity contribution in [1.82, 2.24) is 4.72 Å². The van der Waals surface area contributed by atoms with Gasteiger partial charge in [0.2, 0.25) is 10.0 Å². The lowest BCUT2D eigenvalue weighted by atomic mass is 10.1. The maximum atomic E-state index is 12.7. The second kappa shape index (κ2) is 8.63. The fourth-order valence-electron chi connectivity index (χ4n) is 2.22. The Hall–Kier alpha value is -0.940. The van der Waals surface area contributed by atoms with E-state index in [9.17, 15) is 18.3 Å². The predicted molar refractivity (Wildman–Crippen MR) is 99.1 cm³/mol. The summed E-state index contributed by atoms with van der Waals surface area (Å²) in [7, 11) is -1.41. The Kier molecular flexibility index (Phi) is 7.03. The highest BCUT2D eigenvalue weighted by Crippen LogP contribution is 2.27. The average molecular weight is 408 g/mol.